The minimum absolute atomic E-state index is 0.0723. The zero-order chi connectivity index (χ0) is 14.9. The van der Waals surface area contributed by atoms with Gasteiger partial charge in [-0.15, -0.1) is 0 Å². The molecule has 0 aliphatic carbocycles. The van der Waals surface area contributed by atoms with Gasteiger partial charge in [0, 0.05) is 0 Å². The third-order valence-electron chi connectivity index (χ3n) is 3.04. The van der Waals surface area contributed by atoms with Gasteiger partial charge in [0.05, 0.1) is 5.56 Å². The van der Waals surface area contributed by atoms with Crippen molar-refractivity contribution in [1.29, 1.82) is 0 Å². The Labute approximate surface area is 113 Å². The molecule has 20 heavy (non-hydrogen) atoms. The normalized spacial score (nSPS) is 13.3. The first-order valence-corrected chi connectivity index (χ1v) is 5.90. The summed E-state index contributed by atoms with van der Waals surface area (Å²) in [6, 6.07) is 8.46. The summed E-state index contributed by atoms with van der Waals surface area (Å²) in [5.74, 6) is -0.506. The van der Waals surface area contributed by atoms with Crippen molar-refractivity contribution in [3.05, 3.63) is 70.5 Å². The highest BCUT2D eigenvalue weighted by molar-refractivity contribution is 5.35. The summed E-state index contributed by atoms with van der Waals surface area (Å²) in [6.45, 7) is 1.57. The molecule has 5 heteroatoms. The van der Waals surface area contributed by atoms with Gasteiger partial charge in [-0.05, 0) is 41.8 Å². The molecule has 0 spiro atoms. The van der Waals surface area contributed by atoms with Crippen molar-refractivity contribution in [2.75, 3.05) is 0 Å². The fourth-order valence-corrected chi connectivity index (χ4v) is 1.86. The van der Waals surface area contributed by atoms with Gasteiger partial charge in [0.2, 0.25) is 0 Å². The van der Waals surface area contributed by atoms with Gasteiger partial charge in [-0.3, -0.25) is 0 Å². The number of halogens is 4. The molecule has 1 atom stereocenters. The molecule has 2 rings (SSSR count). The number of hydrogen-bond acceptors (Lipinski definition) is 1. The quantitative estimate of drug-likeness (QED) is 0.818. The largest absolute Gasteiger partial charge is 0.416 e. The summed E-state index contributed by atoms with van der Waals surface area (Å²) < 4.78 is 51.3. The molecule has 1 N–H and O–H groups in total. The molecule has 2 aromatic rings. The number of rotatable bonds is 2. The molecule has 0 saturated carbocycles. The van der Waals surface area contributed by atoms with Crippen LogP contribution in [0.25, 0.3) is 0 Å². The lowest BCUT2D eigenvalue weighted by Gasteiger charge is -2.14. The summed E-state index contributed by atoms with van der Waals surface area (Å²) >= 11 is 0. The molecular weight excluding hydrogens is 272 g/mol. The lowest BCUT2D eigenvalue weighted by Crippen LogP contribution is -2.07. The first kappa shape index (κ1) is 14.5. The molecule has 0 fully saturated rings. The van der Waals surface area contributed by atoms with E-state index in [9.17, 15) is 22.7 Å². The van der Waals surface area contributed by atoms with Gasteiger partial charge in [0.1, 0.15) is 11.9 Å². The average Bonchev–Trinajstić information content (AvgIpc) is 2.40. The molecule has 106 valence electrons. The molecule has 0 aliphatic heterocycles. The van der Waals surface area contributed by atoms with E-state index in [0.29, 0.717) is 5.56 Å². The standard InChI is InChI=1S/C15H12F4O/c1-9-5-6-11(8-13(9)16)14(20)10-3-2-4-12(7-10)15(17,18)19/h2-8,14,20H,1H3. The summed E-state index contributed by atoms with van der Waals surface area (Å²) in [5, 5.41) is 10.1. The van der Waals surface area contributed by atoms with Crippen molar-refractivity contribution >= 4 is 0 Å². The van der Waals surface area contributed by atoms with Crippen LogP contribution in [0.15, 0.2) is 42.5 Å². The van der Waals surface area contributed by atoms with Crippen LogP contribution in [-0.2, 0) is 6.18 Å². The van der Waals surface area contributed by atoms with Gasteiger partial charge in [0.25, 0.3) is 0 Å². The minimum atomic E-state index is -4.48. The summed E-state index contributed by atoms with van der Waals surface area (Å²) in [6.07, 6.45) is -5.78. The lowest BCUT2D eigenvalue weighted by molar-refractivity contribution is -0.137. The van der Waals surface area contributed by atoms with Crippen molar-refractivity contribution in [2.24, 2.45) is 0 Å². The molecule has 0 aromatic heterocycles. The van der Waals surface area contributed by atoms with Gasteiger partial charge in [-0.2, -0.15) is 13.2 Å². The second kappa shape index (κ2) is 5.25. The van der Waals surface area contributed by atoms with Gasteiger partial charge in [-0.1, -0.05) is 24.3 Å². The number of benzene rings is 2. The van der Waals surface area contributed by atoms with Crippen LogP contribution in [0.1, 0.15) is 28.4 Å². The molecule has 0 saturated heterocycles. The molecule has 1 unspecified atom stereocenters. The Hall–Kier alpha value is -1.88. The highest BCUT2D eigenvalue weighted by Crippen LogP contribution is 2.32. The highest BCUT2D eigenvalue weighted by atomic mass is 19.4. The summed E-state index contributed by atoms with van der Waals surface area (Å²) in [4.78, 5) is 0. The zero-order valence-corrected chi connectivity index (χ0v) is 10.6. The maximum atomic E-state index is 13.4. The van der Waals surface area contributed by atoms with Crippen molar-refractivity contribution < 1.29 is 22.7 Å². The Morgan fingerprint density at radius 3 is 2.25 bits per heavy atom. The fraction of sp³-hybridized carbons (Fsp3) is 0.200. The van der Waals surface area contributed by atoms with Crippen LogP contribution in [0.2, 0.25) is 0 Å². The molecule has 0 bridgehead atoms. The molecule has 0 heterocycles. The first-order chi connectivity index (χ1) is 9.29. The predicted molar refractivity (Wildman–Crippen MR) is 66.6 cm³/mol. The van der Waals surface area contributed by atoms with Crippen molar-refractivity contribution in [1.82, 2.24) is 0 Å². The Morgan fingerprint density at radius 1 is 1.00 bits per heavy atom. The second-order valence-corrected chi connectivity index (χ2v) is 4.53. The van der Waals surface area contributed by atoms with Crippen LogP contribution in [0.3, 0.4) is 0 Å². The Kier molecular flexibility index (Phi) is 3.81. The topological polar surface area (TPSA) is 20.2 Å². The van der Waals surface area contributed by atoms with Crippen LogP contribution in [-0.4, -0.2) is 5.11 Å². The molecule has 0 aliphatic rings. The summed E-state index contributed by atoms with van der Waals surface area (Å²) in [5.41, 5.74) is -0.151. The highest BCUT2D eigenvalue weighted by Gasteiger charge is 2.31. The molecule has 1 nitrogen and oxygen atoms in total. The van der Waals surface area contributed by atoms with E-state index in [-0.39, 0.29) is 11.1 Å². The van der Waals surface area contributed by atoms with Crippen LogP contribution < -0.4 is 0 Å². The Morgan fingerprint density at radius 2 is 1.65 bits per heavy atom. The van der Waals surface area contributed by atoms with Crippen LogP contribution in [0, 0.1) is 12.7 Å². The molecule has 0 radical (unpaired) electrons. The zero-order valence-electron chi connectivity index (χ0n) is 10.6. The van der Waals surface area contributed by atoms with Crippen LogP contribution in [0.4, 0.5) is 17.6 Å². The van der Waals surface area contributed by atoms with E-state index in [2.05, 4.69) is 0 Å². The Bertz CT molecular complexity index is 620. The van der Waals surface area contributed by atoms with Crippen molar-refractivity contribution in [3.63, 3.8) is 0 Å². The number of aliphatic hydroxyl groups is 1. The third kappa shape index (κ3) is 2.99. The second-order valence-electron chi connectivity index (χ2n) is 4.53. The maximum Gasteiger partial charge on any atom is 0.416 e. The van der Waals surface area contributed by atoms with E-state index in [4.69, 9.17) is 0 Å². The third-order valence-corrected chi connectivity index (χ3v) is 3.04. The van der Waals surface area contributed by atoms with Crippen molar-refractivity contribution in [3.8, 4) is 0 Å². The van der Waals surface area contributed by atoms with Crippen molar-refractivity contribution in [2.45, 2.75) is 19.2 Å². The average molecular weight is 284 g/mol. The van der Waals surface area contributed by atoms with Crippen LogP contribution in [0.5, 0.6) is 0 Å². The minimum Gasteiger partial charge on any atom is -0.384 e. The van der Waals surface area contributed by atoms with Gasteiger partial charge >= 0.3 is 6.18 Å². The molecule has 2 aromatic carbocycles. The Balaban J connectivity index is 2.38. The molecular formula is C15H12F4O. The van der Waals surface area contributed by atoms with Gasteiger partial charge in [-0.25, -0.2) is 4.39 Å². The first-order valence-electron chi connectivity index (χ1n) is 5.90. The van der Waals surface area contributed by atoms with E-state index in [1.807, 2.05) is 0 Å². The van der Waals surface area contributed by atoms with Gasteiger partial charge in [0.15, 0.2) is 0 Å². The predicted octanol–water partition coefficient (Wildman–Crippen LogP) is 4.23. The lowest BCUT2D eigenvalue weighted by atomic mass is 9.98. The van der Waals surface area contributed by atoms with Gasteiger partial charge < -0.3 is 5.11 Å². The molecule has 0 amide bonds. The summed E-state index contributed by atoms with van der Waals surface area (Å²) in [7, 11) is 0. The van der Waals surface area contributed by atoms with E-state index in [1.54, 1.807) is 6.92 Å². The smallest absolute Gasteiger partial charge is 0.384 e. The van der Waals surface area contributed by atoms with Crippen LogP contribution >= 0.6 is 0 Å². The monoisotopic (exact) mass is 284 g/mol. The SMILES string of the molecule is Cc1ccc(C(O)c2cccc(C(F)(F)F)c2)cc1F. The number of aliphatic hydroxyl groups excluding tert-OH is 1. The fourth-order valence-electron chi connectivity index (χ4n) is 1.86. The van der Waals surface area contributed by atoms with E-state index in [0.717, 1.165) is 18.2 Å². The van der Waals surface area contributed by atoms with E-state index in [1.165, 1.54) is 24.3 Å². The van der Waals surface area contributed by atoms with E-state index >= 15 is 0 Å². The number of hydrogen-bond donors (Lipinski definition) is 1. The maximum absolute atomic E-state index is 13.4. The number of aryl methyl sites for hydroxylation is 1. The van der Waals surface area contributed by atoms with E-state index < -0.39 is 23.7 Å². The number of alkyl halides is 3.